The van der Waals surface area contributed by atoms with Crippen molar-refractivity contribution in [2.75, 3.05) is 52.2 Å². The molecule has 2 amide bonds. The molecule has 4 heterocycles. The van der Waals surface area contributed by atoms with Gasteiger partial charge in [-0.25, -0.2) is 9.97 Å². The summed E-state index contributed by atoms with van der Waals surface area (Å²) in [7, 11) is 5.50. The number of nitrogens with one attached hydrogen (secondary N) is 1. The Hall–Kier alpha value is -4.47. The van der Waals surface area contributed by atoms with Gasteiger partial charge in [-0.3, -0.25) is 14.5 Å². The van der Waals surface area contributed by atoms with Crippen LogP contribution < -0.4 is 10.1 Å². The van der Waals surface area contributed by atoms with Crippen molar-refractivity contribution in [3.05, 3.63) is 81.4 Å². The van der Waals surface area contributed by atoms with Crippen LogP contribution in [0.15, 0.2) is 48.5 Å². The summed E-state index contributed by atoms with van der Waals surface area (Å²) in [5.74, 6) is 0.364. The molecule has 2 aromatic heterocycles. The Morgan fingerprint density at radius 3 is 2.38 bits per heavy atom. The summed E-state index contributed by atoms with van der Waals surface area (Å²) in [6, 6.07) is 16.9. The van der Waals surface area contributed by atoms with Gasteiger partial charge in [0, 0.05) is 87.2 Å². The number of carbonyl (C=O) groups is 2. The molecule has 0 unspecified atom stereocenters. The molecular weight excluding hydrogens is 651 g/mol. The number of anilines is 1. The number of amides is 2. The van der Waals surface area contributed by atoms with Gasteiger partial charge in [-0.15, -0.1) is 0 Å². The van der Waals surface area contributed by atoms with Crippen LogP contribution in [-0.2, 0) is 31.4 Å². The Labute approximate surface area is 289 Å². The van der Waals surface area contributed by atoms with Crippen LogP contribution in [0.2, 0.25) is 10.0 Å². The molecule has 0 spiro atoms. The average Bonchev–Trinajstić information content (AvgIpc) is 3.41. The summed E-state index contributed by atoms with van der Waals surface area (Å²) in [5.41, 5.74) is 6.07. The number of pyridine rings is 1. The van der Waals surface area contributed by atoms with Crippen LogP contribution in [0.4, 0.5) is 5.69 Å². The average molecular weight is 688 g/mol. The molecule has 2 aliphatic heterocycles. The van der Waals surface area contributed by atoms with E-state index in [0.717, 1.165) is 29.9 Å². The largest absolute Gasteiger partial charge is 0.481 e. The fraction of sp³-hybridized carbons (Fsp3) is 0.343. The number of fused-ring (bicyclic) bond motifs is 1. The van der Waals surface area contributed by atoms with E-state index >= 15 is 0 Å². The number of methoxy groups -OCH3 is 1. The Morgan fingerprint density at radius 1 is 0.938 bits per heavy atom. The molecule has 1 N–H and O–H groups in total. The van der Waals surface area contributed by atoms with Gasteiger partial charge in [0.2, 0.25) is 11.8 Å². The Morgan fingerprint density at radius 2 is 1.65 bits per heavy atom. The van der Waals surface area contributed by atoms with Gasteiger partial charge in [0.05, 0.1) is 40.3 Å². The summed E-state index contributed by atoms with van der Waals surface area (Å²) < 4.78 is 7.56. The molecule has 6 rings (SSSR count). The van der Waals surface area contributed by atoms with Crippen LogP contribution in [0.3, 0.4) is 0 Å². The normalized spacial score (nSPS) is 15.1. The fourth-order valence-electron chi connectivity index (χ4n) is 6.31. The van der Waals surface area contributed by atoms with Gasteiger partial charge < -0.3 is 24.4 Å². The zero-order valence-corrected chi connectivity index (χ0v) is 28.6. The summed E-state index contributed by atoms with van der Waals surface area (Å²) in [5, 5.41) is 12.6. The summed E-state index contributed by atoms with van der Waals surface area (Å²) in [6.07, 6.45) is 0.741. The van der Waals surface area contributed by atoms with Crippen LogP contribution in [0.1, 0.15) is 34.0 Å². The topological polar surface area (TPSA) is 120 Å². The predicted molar refractivity (Wildman–Crippen MR) is 185 cm³/mol. The number of halogens is 2. The van der Waals surface area contributed by atoms with E-state index in [1.807, 2.05) is 67.2 Å². The van der Waals surface area contributed by atoms with Crippen molar-refractivity contribution in [3.63, 3.8) is 0 Å². The molecule has 48 heavy (non-hydrogen) atoms. The number of piperazine rings is 1. The first-order chi connectivity index (χ1) is 23.2. The summed E-state index contributed by atoms with van der Waals surface area (Å²) in [4.78, 5) is 41.0. The van der Waals surface area contributed by atoms with Crippen molar-refractivity contribution < 1.29 is 14.3 Å². The van der Waals surface area contributed by atoms with Crippen LogP contribution in [0, 0.1) is 11.3 Å². The molecular formula is C35H36Cl2N8O3. The highest BCUT2D eigenvalue weighted by atomic mass is 35.5. The SMILES string of the molecule is COc1nc(-c2cccc(-c3cccc(NC(=O)c4nc5c(n4C)CCN(C)C5)c3Cl)c2Cl)ccc1CN1CCN(C(=O)CC#N)CC1. The molecule has 0 bridgehead atoms. The minimum absolute atomic E-state index is 0.0945. The van der Waals surface area contributed by atoms with Gasteiger partial charge in [-0.05, 0) is 19.2 Å². The van der Waals surface area contributed by atoms with Crippen molar-refractivity contribution >= 4 is 40.7 Å². The molecule has 1 saturated heterocycles. The van der Waals surface area contributed by atoms with E-state index in [4.69, 9.17) is 38.2 Å². The van der Waals surface area contributed by atoms with Crippen LogP contribution >= 0.6 is 23.2 Å². The van der Waals surface area contributed by atoms with Gasteiger partial charge in [0.25, 0.3) is 5.91 Å². The molecule has 4 aromatic rings. The Bertz CT molecular complexity index is 1910. The molecule has 2 aromatic carbocycles. The molecule has 248 valence electrons. The van der Waals surface area contributed by atoms with E-state index in [0.29, 0.717) is 89.1 Å². The first kappa shape index (κ1) is 33.4. The number of hydrogen-bond acceptors (Lipinski definition) is 8. The van der Waals surface area contributed by atoms with Gasteiger partial charge >= 0.3 is 0 Å². The van der Waals surface area contributed by atoms with E-state index in [1.165, 1.54) is 0 Å². The molecule has 0 radical (unpaired) electrons. The van der Waals surface area contributed by atoms with Gasteiger partial charge in [0.15, 0.2) is 5.82 Å². The maximum atomic E-state index is 13.4. The zero-order chi connectivity index (χ0) is 33.9. The molecule has 2 aliphatic rings. The number of carbonyl (C=O) groups excluding carboxylic acids is 2. The second-order valence-corrected chi connectivity index (χ2v) is 12.8. The standard InChI is InChI=1S/C35H36Cl2N8O3/c1-42-15-13-29-28(21-42)39-33(43(29)2)34(47)40-27-9-5-7-24(32(27)37)23-6-4-8-25(31(23)36)26-11-10-22(35(41-26)48-3)20-44-16-18-45(19-17-44)30(46)12-14-38/h4-11H,12-13,15-21H2,1-3H3,(H,40,47). The number of hydrogen-bond donors (Lipinski definition) is 1. The lowest BCUT2D eigenvalue weighted by Gasteiger charge is -2.34. The van der Waals surface area contributed by atoms with E-state index in [2.05, 4.69) is 20.1 Å². The molecule has 0 saturated carbocycles. The molecule has 13 heteroatoms. The zero-order valence-electron chi connectivity index (χ0n) is 27.1. The number of aromatic nitrogens is 3. The molecule has 11 nitrogen and oxygen atoms in total. The quantitative estimate of drug-likeness (QED) is 0.267. The highest BCUT2D eigenvalue weighted by Crippen LogP contribution is 2.41. The fourth-order valence-corrected chi connectivity index (χ4v) is 6.91. The van der Waals surface area contributed by atoms with Crippen molar-refractivity contribution in [3.8, 4) is 34.3 Å². The van der Waals surface area contributed by atoms with E-state index in [-0.39, 0.29) is 18.2 Å². The summed E-state index contributed by atoms with van der Waals surface area (Å²) in [6.45, 7) is 4.77. The van der Waals surface area contributed by atoms with Crippen molar-refractivity contribution in [2.45, 2.75) is 25.9 Å². The van der Waals surface area contributed by atoms with Crippen LogP contribution in [0.25, 0.3) is 22.4 Å². The van der Waals surface area contributed by atoms with Crippen LogP contribution in [0.5, 0.6) is 5.88 Å². The maximum Gasteiger partial charge on any atom is 0.291 e. The minimum atomic E-state index is -0.334. The monoisotopic (exact) mass is 686 g/mol. The highest BCUT2D eigenvalue weighted by Gasteiger charge is 2.26. The van der Waals surface area contributed by atoms with Crippen LogP contribution in [-0.4, -0.2) is 87.9 Å². The van der Waals surface area contributed by atoms with E-state index in [9.17, 15) is 9.59 Å². The Kier molecular flexibility index (Phi) is 9.99. The number of nitrogens with zero attached hydrogens (tertiary/aromatic N) is 7. The van der Waals surface area contributed by atoms with Crippen molar-refractivity contribution in [1.29, 1.82) is 5.26 Å². The Balaban J connectivity index is 1.21. The lowest BCUT2D eigenvalue weighted by molar-refractivity contribution is -0.131. The van der Waals surface area contributed by atoms with E-state index in [1.54, 1.807) is 18.1 Å². The maximum absolute atomic E-state index is 13.4. The molecule has 0 aliphatic carbocycles. The van der Waals surface area contributed by atoms with Gasteiger partial charge in [-0.2, -0.15) is 5.26 Å². The second-order valence-electron chi connectivity index (χ2n) is 12.0. The minimum Gasteiger partial charge on any atom is -0.481 e. The van der Waals surface area contributed by atoms with Gasteiger partial charge in [0.1, 0.15) is 6.42 Å². The third kappa shape index (κ3) is 6.75. The third-order valence-electron chi connectivity index (χ3n) is 8.94. The van der Waals surface area contributed by atoms with Gasteiger partial charge in [-0.1, -0.05) is 59.6 Å². The second kappa shape index (κ2) is 14.3. The molecule has 1 fully saturated rings. The predicted octanol–water partition coefficient (Wildman–Crippen LogP) is 5.26. The van der Waals surface area contributed by atoms with Crippen molar-refractivity contribution in [1.82, 2.24) is 29.2 Å². The number of imidazole rings is 1. The first-order valence-electron chi connectivity index (χ1n) is 15.7. The smallest absolute Gasteiger partial charge is 0.291 e. The van der Waals surface area contributed by atoms with Crippen molar-refractivity contribution in [2.24, 2.45) is 7.05 Å². The lowest BCUT2D eigenvalue weighted by Crippen LogP contribution is -2.48. The first-order valence-corrected chi connectivity index (χ1v) is 16.5. The third-order valence-corrected chi connectivity index (χ3v) is 9.76. The lowest BCUT2D eigenvalue weighted by atomic mass is 10.00. The number of ether oxygens (including phenoxy) is 1. The summed E-state index contributed by atoms with van der Waals surface area (Å²) >= 11 is 14.0. The number of benzene rings is 2. The molecule has 0 atom stereocenters. The highest BCUT2D eigenvalue weighted by molar-refractivity contribution is 6.39. The van der Waals surface area contributed by atoms with E-state index < -0.39 is 0 Å². The number of likely N-dealkylation sites (N-methyl/N-ethyl adjacent to an activating group) is 1. The number of nitriles is 1. The number of rotatable bonds is 8.